The van der Waals surface area contributed by atoms with E-state index < -0.39 is 42.0 Å². The molecule has 1 aliphatic heterocycles. The van der Waals surface area contributed by atoms with Gasteiger partial charge in [0.1, 0.15) is 24.2 Å². The molecule has 1 fully saturated rings. The largest absolute Gasteiger partial charge is 0.463 e. The van der Waals surface area contributed by atoms with E-state index in [4.69, 9.17) is 9.15 Å². The minimum atomic E-state index is -1.19. The van der Waals surface area contributed by atoms with E-state index in [1.165, 1.54) is 13.8 Å². The van der Waals surface area contributed by atoms with E-state index in [0.29, 0.717) is 12.2 Å². The maximum Gasteiger partial charge on any atom is 0.416 e. The average molecular weight is 578 g/mol. The van der Waals surface area contributed by atoms with E-state index in [2.05, 4.69) is 17.7 Å². The molecule has 0 saturated carbocycles. The first-order valence-corrected chi connectivity index (χ1v) is 14.1. The summed E-state index contributed by atoms with van der Waals surface area (Å²) < 4.78 is 15.3. The van der Waals surface area contributed by atoms with E-state index in [1.807, 2.05) is 61.5 Å². The summed E-state index contributed by atoms with van der Waals surface area (Å²) in [4.78, 5) is 46.6. The Morgan fingerprint density at radius 3 is 2.33 bits per heavy atom. The summed E-state index contributed by atoms with van der Waals surface area (Å²) in [7, 11) is 0. The Kier molecular flexibility index (Phi) is 11.6. The van der Waals surface area contributed by atoms with Crippen molar-refractivity contribution in [1.29, 1.82) is 0 Å². The Morgan fingerprint density at radius 2 is 1.74 bits per heavy atom. The van der Waals surface area contributed by atoms with E-state index in [1.54, 1.807) is 6.92 Å². The maximum atomic E-state index is 13.4. The van der Waals surface area contributed by atoms with Gasteiger partial charge in [-0.25, -0.2) is 9.69 Å². The van der Waals surface area contributed by atoms with Crippen LogP contribution in [-0.4, -0.2) is 46.6 Å². The van der Waals surface area contributed by atoms with Gasteiger partial charge in [-0.05, 0) is 37.0 Å². The Hall–Kier alpha value is -4.24. The van der Waals surface area contributed by atoms with Crippen LogP contribution in [0, 0.1) is 12.8 Å². The van der Waals surface area contributed by atoms with Crippen molar-refractivity contribution in [2.45, 2.75) is 72.4 Å². The van der Waals surface area contributed by atoms with Crippen molar-refractivity contribution in [3.63, 3.8) is 0 Å². The smallest absolute Gasteiger partial charge is 0.416 e. The van der Waals surface area contributed by atoms with Crippen molar-refractivity contribution >= 4 is 23.9 Å². The second-order valence-corrected chi connectivity index (χ2v) is 10.4. The number of cyclic esters (lactones) is 1. The van der Waals surface area contributed by atoms with Crippen molar-refractivity contribution in [2.75, 3.05) is 6.61 Å². The minimum Gasteiger partial charge on any atom is -0.463 e. The third-order valence-corrected chi connectivity index (χ3v) is 6.87. The van der Waals surface area contributed by atoms with Gasteiger partial charge in [-0.15, -0.1) is 0 Å². The summed E-state index contributed by atoms with van der Waals surface area (Å²) >= 11 is 0. The van der Waals surface area contributed by atoms with E-state index in [-0.39, 0.29) is 6.61 Å². The number of carbonyl (C=O) groups excluding carboxylic acids is 4. The standard InChI is InChI=1S/C29H33NO5.C4H6O3/c1-4-5-14-25-24(22-13-9-10-19(2)15-22)17-26(35-25)27(31)20(3)28(32)30-23(18-34-29(30)33)16-21-11-7-6-8-12-21;1-3(5)7-4(2)6/h6-13,15,17,20,23,27,31H,4-5,14,16,18H2,1-3H3;1-2H3/t20-,23-,27-;/m0./s1. The second kappa shape index (κ2) is 15.1. The lowest BCUT2D eigenvalue weighted by atomic mass is 9.97. The van der Waals surface area contributed by atoms with Crippen LogP contribution in [0.4, 0.5) is 4.79 Å². The highest BCUT2D eigenvalue weighted by Gasteiger charge is 2.42. The molecule has 1 saturated heterocycles. The fraction of sp³-hybridized carbons (Fsp3) is 0.394. The molecular formula is C33H39NO8. The number of hydrogen-bond donors (Lipinski definition) is 1. The van der Waals surface area contributed by atoms with Crippen molar-refractivity contribution in [1.82, 2.24) is 4.90 Å². The van der Waals surface area contributed by atoms with Crippen LogP contribution < -0.4 is 0 Å². The topological polar surface area (TPSA) is 123 Å². The Bertz CT molecular complexity index is 1370. The van der Waals surface area contributed by atoms with Crippen LogP contribution in [0.5, 0.6) is 0 Å². The van der Waals surface area contributed by atoms with Gasteiger partial charge in [-0.3, -0.25) is 14.4 Å². The number of aryl methyl sites for hydroxylation is 2. The zero-order valence-electron chi connectivity index (χ0n) is 24.8. The Labute approximate surface area is 246 Å². The lowest BCUT2D eigenvalue weighted by Crippen LogP contribution is -2.44. The van der Waals surface area contributed by atoms with Crippen LogP contribution in [0.1, 0.15) is 69.3 Å². The number of furan rings is 1. The molecule has 4 rings (SSSR count). The highest BCUT2D eigenvalue weighted by molar-refractivity contribution is 5.95. The SMILES string of the molecule is CC(=O)OC(C)=O.CCCCc1oc([C@@H](O)[C@H](C)C(=O)N2C(=O)OC[C@@H]2Cc2ccccc2)cc1-c1cccc(C)c1. The molecule has 9 heteroatoms. The van der Waals surface area contributed by atoms with Crippen LogP contribution in [0.3, 0.4) is 0 Å². The number of nitrogens with zero attached hydrogens (tertiary/aromatic N) is 1. The Morgan fingerprint density at radius 1 is 1.05 bits per heavy atom. The summed E-state index contributed by atoms with van der Waals surface area (Å²) in [6.45, 7) is 8.28. The quantitative estimate of drug-likeness (QED) is 0.244. The van der Waals surface area contributed by atoms with E-state index in [0.717, 1.165) is 52.2 Å². The number of carbonyl (C=O) groups is 4. The van der Waals surface area contributed by atoms with Gasteiger partial charge in [0.2, 0.25) is 5.91 Å². The molecule has 1 aromatic heterocycles. The van der Waals surface area contributed by atoms with Gasteiger partial charge in [0.25, 0.3) is 0 Å². The van der Waals surface area contributed by atoms with Crippen LogP contribution in [0.25, 0.3) is 11.1 Å². The van der Waals surface area contributed by atoms with Crippen molar-refractivity contribution in [3.05, 3.63) is 83.3 Å². The predicted molar refractivity (Wildman–Crippen MR) is 156 cm³/mol. The number of imide groups is 1. The molecule has 0 bridgehead atoms. The Balaban J connectivity index is 0.000000616. The zero-order valence-corrected chi connectivity index (χ0v) is 24.8. The molecule has 2 amide bonds. The highest BCUT2D eigenvalue weighted by atomic mass is 16.6. The van der Waals surface area contributed by atoms with Crippen molar-refractivity contribution < 1.29 is 38.2 Å². The van der Waals surface area contributed by atoms with Gasteiger partial charge in [0.05, 0.1) is 12.0 Å². The number of hydrogen-bond acceptors (Lipinski definition) is 8. The number of esters is 2. The molecule has 1 N–H and O–H groups in total. The molecule has 3 aromatic rings. The monoisotopic (exact) mass is 577 g/mol. The molecule has 0 spiro atoms. The number of ether oxygens (including phenoxy) is 2. The molecule has 3 atom stereocenters. The third-order valence-electron chi connectivity index (χ3n) is 6.87. The molecule has 0 aliphatic carbocycles. The van der Waals surface area contributed by atoms with E-state index >= 15 is 0 Å². The molecule has 0 radical (unpaired) electrons. The van der Waals surface area contributed by atoms with Crippen LogP contribution in [0.15, 0.2) is 65.1 Å². The summed E-state index contributed by atoms with van der Waals surface area (Å²) in [6.07, 6.45) is 1.36. The lowest BCUT2D eigenvalue weighted by molar-refractivity contribution is -0.156. The molecule has 0 unspecified atom stereocenters. The minimum absolute atomic E-state index is 0.141. The first-order chi connectivity index (χ1) is 20.0. The van der Waals surface area contributed by atoms with Crippen molar-refractivity contribution in [2.24, 2.45) is 5.92 Å². The van der Waals surface area contributed by atoms with Crippen LogP contribution in [-0.2, 0) is 36.7 Å². The maximum absolute atomic E-state index is 13.4. The molecule has 42 heavy (non-hydrogen) atoms. The lowest BCUT2D eigenvalue weighted by Gasteiger charge is -2.25. The van der Waals surface area contributed by atoms with Gasteiger partial charge in [-0.2, -0.15) is 0 Å². The van der Waals surface area contributed by atoms with Crippen LogP contribution in [0.2, 0.25) is 0 Å². The third kappa shape index (κ3) is 8.63. The van der Waals surface area contributed by atoms with Crippen molar-refractivity contribution in [3.8, 4) is 11.1 Å². The van der Waals surface area contributed by atoms with Gasteiger partial charge in [-0.1, -0.05) is 80.4 Å². The molecule has 224 valence electrons. The summed E-state index contributed by atoms with van der Waals surface area (Å²) in [5.41, 5.74) is 4.09. The fourth-order valence-corrected chi connectivity index (χ4v) is 4.75. The summed E-state index contributed by atoms with van der Waals surface area (Å²) in [5, 5.41) is 11.2. The average Bonchev–Trinajstić information content (AvgIpc) is 3.54. The fourth-order valence-electron chi connectivity index (χ4n) is 4.75. The predicted octanol–water partition coefficient (Wildman–Crippen LogP) is 5.95. The number of aliphatic hydroxyl groups excluding tert-OH is 1. The van der Waals surface area contributed by atoms with Gasteiger partial charge < -0.3 is 19.0 Å². The normalized spacial score (nSPS) is 15.7. The van der Waals surface area contributed by atoms with Gasteiger partial charge in [0.15, 0.2) is 0 Å². The zero-order chi connectivity index (χ0) is 30.8. The first-order valence-electron chi connectivity index (χ1n) is 14.1. The van der Waals surface area contributed by atoms with Crippen LogP contribution >= 0.6 is 0 Å². The molecular weight excluding hydrogens is 538 g/mol. The molecule has 2 heterocycles. The number of unbranched alkanes of at least 4 members (excludes halogenated alkanes) is 1. The van der Waals surface area contributed by atoms with Gasteiger partial charge >= 0.3 is 18.0 Å². The summed E-state index contributed by atoms with van der Waals surface area (Å²) in [5.74, 6) is -1.34. The second-order valence-electron chi connectivity index (χ2n) is 10.4. The molecule has 1 aliphatic rings. The molecule has 9 nitrogen and oxygen atoms in total. The van der Waals surface area contributed by atoms with E-state index in [9.17, 15) is 24.3 Å². The number of benzene rings is 2. The highest BCUT2D eigenvalue weighted by Crippen LogP contribution is 2.35. The molecule has 2 aromatic carbocycles. The number of amides is 2. The van der Waals surface area contributed by atoms with Gasteiger partial charge in [0, 0.05) is 25.8 Å². The number of aliphatic hydroxyl groups is 1. The first kappa shape index (κ1) is 32.3. The summed E-state index contributed by atoms with van der Waals surface area (Å²) in [6, 6.07) is 19.2. The number of rotatable bonds is 9.